The summed E-state index contributed by atoms with van der Waals surface area (Å²) in [5, 5.41) is 2.55. The van der Waals surface area contributed by atoms with Crippen molar-refractivity contribution in [2.45, 2.75) is 52.0 Å². The maximum Gasteiger partial charge on any atom is 0.425 e. The highest BCUT2D eigenvalue weighted by Crippen LogP contribution is 2.36. The quantitative estimate of drug-likeness (QED) is 0.327. The summed E-state index contributed by atoms with van der Waals surface area (Å²) in [7, 11) is 0. The van der Waals surface area contributed by atoms with Crippen LogP contribution in [0.3, 0.4) is 0 Å². The SMILES string of the molecule is CCC1OC(n2cnc3c(OC(=O)N(c4ccccc4)c4ccccc4)nc(NC(C)=O)nc32)CC1OC(C)=O. The van der Waals surface area contributed by atoms with Gasteiger partial charge < -0.3 is 14.2 Å². The number of carbonyl (C=O) groups excluding carboxylic acids is 3. The minimum absolute atomic E-state index is 0.0721. The molecule has 4 aromatic rings. The topological polar surface area (TPSA) is 138 Å². The van der Waals surface area contributed by atoms with Gasteiger partial charge in [-0.05, 0) is 30.7 Å². The summed E-state index contributed by atoms with van der Waals surface area (Å²) in [5.41, 5.74) is 1.63. The molecule has 40 heavy (non-hydrogen) atoms. The number of rotatable bonds is 7. The Morgan fingerprint density at radius 3 is 2.25 bits per heavy atom. The van der Waals surface area contributed by atoms with Crippen LogP contribution in [0.2, 0.25) is 0 Å². The molecule has 0 radical (unpaired) electrons. The first-order valence-corrected chi connectivity index (χ1v) is 12.8. The average molecular weight is 545 g/mol. The Morgan fingerprint density at radius 1 is 1.02 bits per heavy atom. The summed E-state index contributed by atoms with van der Waals surface area (Å²) >= 11 is 0. The monoisotopic (exact) mass is 544 g/mol. The fourth-order valence-electron chi connectivity index (χ4n) is 4.60. The van der Waals surface area contributed by atoms with Crippen LogP contribution in [0.25, 0.3) is 11.2 Å². The Kier molecular flexibility index (Phi) is 7.69. The van der Waals surface area contributed by atoms with Crippen molar-refractivity contribution in [1.29, 1.82) is 0 Å². The number of nitrogens with zero attached hydrogens (tertiary/aromatic N) is 5. The molecule has 0 spiro atoms. The fourth-order valence-corrected chi connectivity index (χ4v) is 4.60. The van der Waals surface area contributed by atoms with E-state index in [2.05, 4.69) is 20.3 Å². The van der Waals surface area contributed by atoms with Gasteiger partial charge in [0.25, 0.3) is 5.88 Å². The smallest absolute Gasteiger partial charge is 0.425 e. The van der Waals surface area contributed by atoms with Gasteiger partial charge in [0.2, 0.25) is 11.9 Å². The number of esters is 1. The first kappa shape index (κ1) is 26.8. The van der Waals surface area contributed by atoms with Gasteiger partial charge in [-0.1, -0.05) is 43.3 Å². The summed E-state index contributed by atoms with van der Waals surface area (Å²) in [6.45, 7) is 4.61. The van der Waals surface area contributed by atoms with Gasteiger partial charge in [0.05, 0.1) is 23.8 Å². The van der Waals surface area contributed by atoms with Crippen molar-refractivity contribution in [3.63, 3.8) is 0 Å². The Morgan fingerprint density at radius 2 is 1.68 bits per heavy atom. The molecule has 12 heteroatoms. The van der Waals surface area contributed by atoms with E-state index in [-0.39, 0.29) is 29.1 Å². The van der Waals surface area contributed by atoms with Crippen LogP contribution in [0.4, 0.5) is 22.1 Å². The zero-order valence-electron chi connectivity index (χ0n) is 22.2. The molecular weight excluding hydrogens is 516 g/mol. The van der Waals surface area contributed by atoms with Crippen LogP contribution < -0.4 is 15.0 Å². The number of hydrogen-bond donors (Lipinski definition) is 1. The van der Waals surface area contributed by atoms with Gasteiger partial charge in [0.1, 0.15) is 12.3 Å². The summed E-state index contributed by atoms with van der Waals surface area (Å²) in [5.74, 6) is -1.02. The number of ether oxygens (including phenoxy) is 3. The van der Waals surface area contributed by atoms with Crippen molar-refractivity contribution < 1.29 is 28.6 Å². The highest BCUT2D eigenvalue weighted by atomic mass is 16.6. The number of amides is 2. The lowest BCUT2D eigenvalue weighted by Crippen LogP contribution is -2.29. The van der Waals surface area contributed by atoms with Crippen LogP contribution in [0.5, 0.6) is 5.88 Å². The maximum atomic E-state index is 13.6. The number of para-hydroxylation sites is 2. The van der Waals surface area contributed by atoms with Crippen molar-refractivity contribution in [3.05, 3.63) is 67.0 Å². The first-order chi connectivity index (χ1) is 19.3. The van der Waals surface area contributed by atoms with E-state index in [9.17, 15) is 14.4 Å². The number of fused-ring (bicyclic) bond motifs is 1. The lowest BCUT2D eigenvalue weighted by atomic mass is 10.1. The van der Waals surface area contributed by atoms with E-state index >= 15 is 0 Å². The van der Waals surface area contributed by atoms with Gasteiger partial charge in [0, 0.05) is 20.3 Å². The number of anilines is 3. The molecule has 3 unspecified atom stereocenters. The predicted molar refractivity (Wildman–Crippen MR) is 145 cm³/mol. The Balaban J connectivity index is 1.53. The molecule has 3 heterocycles. The highest BCUT2D eigenvalue weighted by molar-refractivity contribution is 5.98. The molecule has 206 valence electrons. The molecule has 12 nitrogen and oxygen atoms in total. The molecule has 1 saturated heterocycles. The van der Waals surface area contributed by atoms with Crippen LogP contribution in [0, 0.1) is 0 Å². The minimum atomic E-state index is -0.737. The van der Waals surface area contributed by atoms with Crippen LogP contribution in [0.1, 0.15) is 39.8 Å². The zero-order valence-corrected chi connectivity index (χ0v) is 22.2. The average Bonchev–Trinajstić information content (AvgIpc) is 3.53. The van der Waals surface area contributed by atoms with Gasteiger partial charge >= 0.3 is 12.1 Å². The summed E-state index contributed by atoms with van der Waals surface area (Å²) in [4.78, 5) is 51.7. The maximum absolute atomic E-state index is 13.6. The van der Waals surface area contributed by atoms with Crippen molar-refractivity contribution in [2.24, 2.45) is 0 Å². The number of benzene rings is 2. The van der Waals surface area contributed by atoms with E-state index in [4.69, 9.17) is 14.2 Å². The van der Waals surface area contributed by atoms with Gasteiger partial charge in [-0.3, -0.25) is 19.5 Å². The summed E-state index contributed by atoms with van der Waals surface area (Å²) in [6.07, 6.45) is 0.439. The number of aromatic nitrogens is 4. The molecule has 5 rings (SSSR count). The highest BCUT2D eigenvalue weighted by Gasteiger charge is 2.38. The second kappa shape index (κ2) is 11.5. The van der Waals surface area contributed by atoms with Gasteiger partial charge in [0.15, 0.2) is 11.2 Å². The molecule has 0 bridgehead atoms. The summed E-state index contributed by atoms with van der Waals surface area (Å²) < 4.78 is 19.1. The van der Waals surface area contributed by atoms with Crippen molar-refractivity contribution in [2.75, 3.05) is 10.2 Å². The number of hydrogen-bond acceptors (Lipinski definition) is 9. The Labute approximate surface area is 229 Å². The van der Waals surface area contributed by atoms with E-state index in [0.29, 0.717) is 24.2 Å². The molecular formula is C28H28N6O6. The molecule has 0 saturated carbocycles. The second-order valence-corrected chi connectivity index (χ2v) is 9.15. The third-order valence-corrected chi connectivity index (χ3v) is 6.28. The second-order valence-electron chi connectivity index (χ2n) is 9.15. The number of carbonyl (C=O) groups is 3. The Bertz CT molecular complexity index is 1490. The standard InChI is InChI=1S/C28H28N6O6/c1-4-21-22(38-18(3)36)15-23(39-21)33-16-29-24-25(33)31-27(30-17(2)35)32-26(24)40-28(37)34(19-11-7-5-8-12-19)20-13-9-6-10-14-20/h5-14,16,21-23H,4,15H2,1-3H3,(H,30,31,32,35). The molecule has 1 aliphatic heterocycles. The number of nitrogens with one attached hydrogen (secondary N) is 1. The van der Waals surface area contributed by atoms with Gasteiger partial charge in [-0.2, -0.15) is 9.97 Å². The minimum Gasteiger partial charge on any atom is -0.460 e. The molecule has 2 aromatic carbocycles. The largest absolute Gasteiger partial charge is 0.460 e. The molecule has 3 atom stereocenters. The third kappa shape index (κ3) is 5.61. The van der Waals surface area contributed by atoms with Crippen molar-refractivity contribution in [3.8, 4) is 5.88 Å². The normalized spacial score (nSPS) is 18.3. The van der Waals surface area contributed by atoms with Gasteiger partial charge in [-0.15, -0.1) is 0 Å². The van der Waals surface area contributed by atoms with E-state index in [0.717, 1.165) is 0 Å². The van der Waals surface area contributed by atoms with Crippen LogP contribution >= 0.6 is 0 Å². The van der Waals surface area contributed by atoms with Crippen LogP contribution in [-0.4, -0.2) is 49.7 Å². The number of imidazole rings is 1. The molecule has 1 aliphatic rings. The molecule has 2 amide bonds. The molecule has 1 fully saturated rings. The van der Waals surface area contributed by atoms with E-state index in [1.807, 2.05) is 43.3 Å². The Hall–Kier alpha value is -4.84. The third-order valence-electron chi connectivity index (χ3n) is 6.28. The van der Waals surface area contributed by atoms with Crippen LogP contribution in [0.15, 0.2) is 67.0 Å². The zero-order chi connectivity index (χ0) is 28.2. The van der Waals surface area contributed by atoms with Crippen molar-refractivity contribution >= 4 is 46.5 Å². The lowest BCUT2D eigenvalue weighted by molar-refractivity contribution is -0.149. The van der Waals surface area contributed by atoms with E-state index in [1.54, 1.807) is 28.8 Å². The first-order valence-electron chi connectivity index (χ1n) is 12.8. The summed E-state index contributed by atoms with van der Waals surface area (Å²) in [6, 6.07) is 18.1. The molecule has 2 aromatic heterocycles. The molecule has 1 N–H and O–H groups in total. The van der Waals surface area contributed by atoms with E-state index in [1.165, 1.54) is 25.1 Å². The van der Waals surface area contributed by atoms with Gasteiger partial charge in [-0.25, -0.2) is 14.7 Å². The van der Waals surface area contributed by atoms with Crippen molar-refractivity contribution in [1.82, 2.24) is 19.5 Å². The lowest BCUT2D eigenvalue weighted by Gasteiger charge is -2.22. The van der Waals surface area contributed by atoms with E-state index < -0.39 is 30.3 Å². The van der Waals surface area contributed by atoms with Crippen LogP contribution in [-0.2, 0) is 19.1 Å². The fraction of sp³-hybridized carbons (Fsp3) is 0.286. The predicted octanol–water partition coefficient (Wildman–Crippen LogP) is 4.75. The molecule has 0 aliphatic carbocycles.